The Morgan fingerprint density at radius 3 is 2.20 bits per heavy atom. The average molecular weight is 340 g/mol. The fourth-order valence-electron chi connectivity index (χ4n) is 2.43. The van der Waals surface area contributed by atoms with Crippen LogP contribution in [0.2, 0.25) is 0 Å². The predicted molar refractivity (Wildman–Crippen MR) is 95.6 cm³/mol. The zero-order valence-electron chi connectivity index (χ0n) is 14.2. The van der Waals surface area contributed by atoms with Gasteiger partial charge in [0.2, 0.25) is 0 Å². The lowest BCUT2D eigenvalue weighted by Gasteiger charge is -2.12. The molecule has 0 saturated carbocycles. The Hall–Kier alpha value is -3.02. The van der Waals surface area contributed by atoms with Gasteiger partial charge in [-0.25, -0.2) is 18.7 Å². The molecule has 128 valence electrons. The molecule has 1 aromatic heterocycles. The van der Waals surface area contributed by atoms with Crippen LogP contribution in [-0.4, -0.2) is 9.97 Å². The fourth-order valence-corrected chi connectivity index (χ4v) is 2.43. The molecule has 0 bridgehead atoms. The molecule has 2 aromatic carbocycles. The van der Waals surface area contributed by atoms with Gasteiger partial charge >= 0.3 is 0 Å². The average Bonchev–Trinajstić information content (AvgIpc) is 2.54. The van der Waals surface area contributed by atoms with Crippen LogP contribution in [0, 0.1) is 32.4 Å². The second kappa shape index (κ2) is 6.84. The van der Waals surface area contributed by atoms with E-state index in [0.717, 1.165) is 28.9 Å². The number of benzene rings is 2. The summed E-state index contributed by atoms with van der Waals surface area (Å²) in [6, 6.07) is 11.4. The van der Waals surface area contributed by atoms with E-state index in [1.54, 1.807) is 13.0 Å². The van der Waals surface area contributed by atoms with Crippen LogP contribution >= 0.6 is 0 Å². The van der Waals surface area contributed by atoms with E-state index in [1.807, 2.05) is 32.0 Å². The number of nitrogens with zero attached hydrogens (tertiary/aromatic N) is 2. The van der Waals surface area contributed by atoms with Gasteiger partial charge < -0.3 is 10.6 Å². The monoisotopic (exact) mass is 340 g/mol. The van der Waals surface area contributed by atoms with Crippen molar-refractivity contribution in [2.45, 2.75) is 20.8 Å². The van der Waals surface area contributed by atoms with Crippen LogP contribution in [0.4, 0.5) is 31.8 Å². The molecule has 3 aromatic rings. The molecule has 0 aliphatic carbocycles. The van der Waals surface area contributed by atoms with Crippen molar-refractivity contribution < 1.29 is 8.78 Å². The lowest BCUT2D eigenvalue weighted by molar-refractivity contribution is 0.509. The van der Waals surface area contributed by atoms with Crippen molar-refractivity contribution in [3.8, 4) is 0 Å². The molecule has 0 fully saturated rings. The molecular formula is C19H18F2N4. The van der Waals surface area contributed by atoms with Crippen LogP contribution in [-0.2, 0) is 0 Å². The maximum atomic E-state index is 13.4. The highest BCUT2D eigenvalue weighted by Gasteiger charge is 2.07. The lowest BCUT2D eigenvalue weighted by atomic mass is 10.1. The fraction of sp³-hybridized carbons (Fsp3) is 0.158. The van der Waals surface area contributed by atoms with E-state index < -0.39 is 11.6 Å². The number of hydrogen-bond donors (Lipinski definition) is 2. The van der Waals surface area contributed by atoms with Crippen LogP contribution in [0.5, 0.6) is 0 Å². The van der Waals surface area contributed by atoms with Crippen molar-refractivity contribution >= 4 is 23.0 Å². The van der Waals surface area contributed by atoms with Gasteiger partial charge in [-0.2, -0.15) is 0 Å². The molecule has 0 saturated heterocycles. The molecule has 3 rings (SSSR count). The molecule has 0 aliphatic rings. The first kappa shape index (κ1) is 16.8. The van der Waals surface area contributed by atoms with E-state index in [1.165, 1.54) is 6.07 Å². The third kappa shape index (κ3) is 4.09. The lowest BCUT2D eigenvalue weighted by Crippen LogP contribution is -2.02. The van der Waals surface area contributed by atoms with Crippen molar-refractivity contribution in [1.29, 1.82) is 0 Å². The summed E-state index contributed by atoms with van der Waals surface area (Å²) >= 11 is 0. The Labute approximate surface area is 145 Å². The zero-order valence-corrected chi connectivity index (χ0v) is 14.2. The minimum absolute atomic E-state index is 0.412. The first-order valence-corrected chi connectivity index (χ1v) is 7.83. The summed E-state index contributed by atoms with van der Waals surface area (Å²) in [5.41, 5.74) is 3.60. The van der Waals surface area contributed by atoms with E-state index in [2.05, 4.69) is 20.6 Å². The second-order valence-corrected chi connectivity index (χ2v) is 5.88. The summed E-state index contributed by atoms with van der Waals surface area (Å²) in [4.78, 5) is 8.66. The molecule has 0 unspecified atom stereocenters. The number of halogens is 2. The van der Waals surface area contributed by atoms with Gasteiger partial charge in [0.15, 0.2) is 11.6 Å². The highest BCUT2D eigenvalue weighted by molar-refractivity contribution is 5.65. The van der Waals surface area contributed by atoms with E-state index in [4.69, 9.17) is 0 Å². The van der Waals surface area contributed by atoms with Crippen molar-refractivity contribution in [3.63, 3.8) is 0 Å². The quantitative estimate of drug-likeness (QED) is 0.688. The highest BCUT2D eigenvalue weighted by atomic mass is 19.2. The summed E-state index contributed by atoms with van der Waals surface area (Å²) < 4.78 is 26.4. The number of hydrogen-bond acceptors (Lipinski definition) is 4. The topological polar surface area (TPSA) is 49.8 Å². The van der Waals surface area contributed by atoms with Gasteiger partial charge in [-0.3, -0.25) is 0 Å². The zero-order chi connectivity index (χ0) is 18.0. The molecule has 0 radical (unpaired) electrons. The summed E-state index contributed by atoms with van der Waals surface area (Å²) in [5, 5.41) is 6.24. The maximum Gasteiger partial charge on any atom is 0.160 e. The van der Waals surface area contributed by atoms with Gasteiger partial charge in [0.25, 0.3) is 0 Å². The van der Waals surface area contributed by atoms with Crippen molar-refractivity contribution in [3.05, 3.63) is 71.1 Å². The van der Waals surface area contributed by atoms with E-state index in [0.29, 0.717) is 23.1 Å². The van der Waals surface area contributed by atoms with E-state index in [-0.39, 0.29) is 0 Å². The van der Waals surface area contributed by atoms with Crippen molar-refractivity contribution in [2.75, 3.05) is 10.6 Å². The Bertz CT molecular complexity index is 925. The number of nitrogens with one attached hydrogen (secondary N) is 2. The third-order valence-corrected chi connectivity index (χ3v) is 3.69. The van der Waals surface area contributed by atoms with Crippen LogP contribution in [0.3, 0.4) is 0 Å². The van der Waals surface area contributed by atoms with Crippen LogP contribution in [0.25, 0.3) is 0 Å². The number of anilines is 4. The standard InChI is InChI=1S/C19H18F2N4/c1-11-4-5-12(2)17(8-11)25-19-10-18(22-13(3)23-19)24-14-6-7-15(20)16(21)9-14/h4-10H,1-3H3,(H2,22,23,24,25). The van der Waals surface area contributed by atoms with Gasteiger partial charge in [-0.05, 0) is 50.1 Å². The SMILES string of the molecule is Cc1ccc(C)c(Nc2cc(Nc3ccc(F)c(F)c3)nc(C)n2)c1. The predicted octanol–water partition coefficient (Wildman–Crippen LogP) is 5.17. The molecule has 4 nitrogen and oxygen atoms in total. The minimum atomic E-state index is -0.912. The Morgan fingerprint density at radius 1 is 0.760 bits per heavy atom. The molecule has 0 amide bonds. The molecule has 0 aliphatic heterocycles. The highest BCUT2D eigenvalue weighted by Crippen LogP contribution is 2.24. The molecular weight excluding hydrogens is 322 g/mol. The van der Waals surface area contributed by atoms with Gasteiger partial charge in [0.05, 0.1) is 0 Å². The summed E-state index contributed by atoms with van der Waals surface area (Å²) in [6.07, 6.45) is 0. The molecule has 0 atom stereocenters. The molecule has 25 heavy (non-hydrogen) atoms. The third-order valence-electron chi connectivity index (χ3n) is 3.69. The first-order chi connectivity index (χ1) is 11.9. The Balaban J connectivity index is 1.87. The summed E-state index contributed by atoms with van der Waals surface area (Å²) in [5.74, 6) is -0.135. The normalized spacial score (nSPS) is 10.6. The minimum Gasteiger partial charge on any atom is -0.340 e. The van der Waals surface area contributed by atoms with E-state index >= 15 is 0 Å². The molecule has 2 N–H and O–H groups in total. The van der Waals surface area contributed by atoms with Crippen LogP contribution in [0.1, 0.15) is 17.0 Å². The van der Waals surface area contributed by atoms with Gasteiger partial charge in [0, 0.05) is 23.5 Å². The molecule has 0 spiro atoms. The maximum absolute atomic E-state index is 13.4. The van der Waals surface area contributed by atoms with E-state index in [9.17, 15) is 8.78 Å². The largest absolute Gasteiger partial charge is 0.340 e. The summed E-state index contributed by atoms with van der Waals surface area (Å²) in [7, 11) is 0. The summed E-state index contributed by atoms with van der Waals surface area (Å²) in [6.45, 7) is 5.80. The van der Waals surface area contributed by atoms with Crippen molar-refractivity contribution in [1.82, 2.24) is 9.97 Å². The number of rotatable bonds is 4. The van der Waals surface area contributed by atoms with Crippen LogP contribution in [0.15, 0.2) is 42.5 Å². The molecule has 6 heteroatoms. The van der Waals surface area contributed by atoms with Crippen molar-refractivity contribution in [2.24, 2.45) is 0 Å². The Morgan fingerprint density at radius 2 is 1.48 bits per heavy atom. The molecule has 1 heterocycles. The van der Waals surface area contributed by atoms with Gasteiger partial charge in [-0.1, -0.05) is 12.1 Å². The smallest absolute Gasteiger partial charge is 0.160 e. The Kier molecular flexibility index (Phi) is 4.61. The van der Waals surface area contributed by atoms with Gasteiger partial charge in [-0.15, -0.1) is 0 Å². The van der Waals surface area contributed by atoms with Crippen LogP contribution < -0.4 is 10.6 Å². The number of aromatic nitrogens is 2. The second-order valence-electron chi connectivity index (χ2n) is 5.88. The first-order valence-electron chi connectivity index (χ1n) is 7.83. The number of aryl methyl sites for hydroxylation is 3. The van der Waals surface area contributed by atoms with Gasteiger partial charge in [0.1, 0.15) is 17.5 Å².